The molecule has 10 heteroatoms. The molecule has 0 radical (unpaired) electrons. The van der Waals surface area contributed by atoms with Gasteiger partial charge in [-0.15, -0.1) is 24.8 Å². The molecule has 0 bridgehead atoms. The summed E-state index contributed by atoms with van der Waals surface area (Å²) in [6, 6.07) is 13.2. The van der Waals surface area contributed by atoms with Crippen LogP contribution in [0.25, 0.3) is 27.9 Å². The first kappa shape index (κ1) is 24.9. The van der Waals surface area contributed by atoms with Crippen molar-refractivity contribution in [2.45, 2.75) is 0 Å². The topological polar surface area (TPSA) is 78.7 Å². The number of nitrogens with zero attached hydrogens (tertiary/aromatic N) is 5. The number of hydrogen-bond donors (Lipinski definition) is 1. The number of aromatic nitrogens is 2. The van der Waals surface area contributed by atoms with Crippen LogP contribution in [-0.4, -0.2) is 70.8 Å². The van der Waals surface area contributed by atoms with Gasteiger partial charge in [0.15, 0.2) is 5.76 Å². The van der Waals surface area contributed by atoms with E-state index in [-0.39, 0.29) is 24.8 Å². The van der Waals surface area contributed by atoms with Crippen LogP contribution in [-0.2, 0) is 0 Å². The van der Waals surface area contributed by atoms with E-state index in [1.165, 1.54) is 0 Å². The molecular formula is C23H27Cl2N5O3. The van der Waals surface area contributed by atoms with Gasteiger partial charge in [-0.25, -0.2) is 4.98 Å². The Labute approximate surface area is 203 Å². The number of ether oxygens (including phenoxy) is 1. The quantitative estimate of drug-likeness (QED) is 0.340. The molecule has 1 saturated heterocycles. The number of hydrogen-bond acceptors (Lipinski definition) is 7. The van der Waals surface area contributed by atoms with E-state index in [9.17, 15) is 5.21 Å². The lowest BCUT2D eigenvalue weighted by atomic mass is 10.2. The second kappa shape index (κ2) is 10.9. The molecule has 0 saturated carbocycles. The number of halogens is 2. The van der Waals surface area contributed by atoms with E-state index in [2.05, 4.69) is 27.0 Å². The molecule has 4 heterocycles. The van der Waals surface area contributed by atoms with Crippen molar-refractivity contribution >= 4 is 41.3 Å². The van der Waals surface area contributed by atoms with E-state index < -0.39 is 0 Å². The summed E-state index contributed by atoms with van der Waals surface area (Å²) in [5, 5.41) is 14.2. The third kappa shape index (κ3) is 5.42. The Balaban J connectivity index is 0.00000153. The van der Waals surface area contributed by atoms with Gasteiger partial charge in [-0.2, -0.15) is 0 Å². The molecule has 3 aromatic heterocycles. The predicted molar refractivity (Wildman–Crippen MR) is 132 cm³/mol. The average Bonchev–Trinajstić information content (AvgIpc) is 3.27. The van der Waals surface area contributed by atoms with Crippen LogP contribution in [0.4, 0.5) is 0 Å². The van der Waals surface area contributed by atoms with Gasteiger partial charge in [0, 0.05) is 50.5 Å². The lowest BCUT2D eigenvalue weighted by molar-refractivity contribution is 0.134. The molecule has 0 amide bonds. The minimum absolute atomic E-state index is 0. The average molecular weight is 492 g/mol. The van der Waals surface area contributed by atoms with E-state index in [1.807, 2.05) is 47.0 Å². The highest BCUT2D eigenvalue weighted by Gasteiger charge is 2.14. The van der Waals surface area contributed by atoms with Crippen LogP contribution in [0.1, 0.15) is 0 Å². The van der Waals surface area contributed by atoms with Gasteiger partial charge < -0.3 is 23.7 Å². The van der Waals surface area contributed by atoms with Crippen molar-refractivity contribution < 1.29 is 14.4 Å². The van der Waals surface area contributed by atoms with Crippen molar-refractivity contribution in [3.05, 3.63) is 60.3 Å². The first-order chi connectivity index (χ1) is 15.2. The fourth-order valence-electron chi connectivity index (χ4n) is 3.88. The maximum Gasteiger partial charge on any atom is 0.155 e. The number of fused-ring (bicyclic) bond motifs is 2. The van der Waals surface area contributed by atoms with Gasteiger partial charge in [-0.3, -0.25) is 4.90 Å². The molecule has 1 aliphatic heterocycles. The van der Waals surface area contributed by atoms with Crippen LogP contribution in [0.5, 0.6) is 5.75 Å². The Morgan fingerprint density at radius 1 is 1.09 bits per heavy atom. The van der Waals surface area contributed by atoms with Gasteiger partial charge in [0.1, 0.15) is 29.0 Å². The second-order valence-corrected chi connectivity index (χ2v) is 7.86. The Bertz CT molecular complexity index is 1280. The molecule has 1 aliphatic rings. The highest BCUT2D eigenvalue weighted by molar-refractivity contribution is 5.85. The fraction of sp³-hybridized carbons (Fsp3) is 0.304. The van der Waals surface area contributed by atoms with E-state index in [0.717, 1.165) is 44.0 Å². The van der Waals surface area contributed by atoms with Crippen molar-refractivity contribution in [1.29, 1.82) is 0 Å². The van der Waals surface area contributed by atoms with Gasteiger partial charge in [-0.05, 0) is 43.4 Å². The molecule has 1 N–H and O–H groups in total. The Morgan fingerprint density at radius 3 is 2.70 bits per heavy atom. The Kier molecular flexibility index (Phi) is 8.20. The largest absolute Gasteiger partial charge is 0.492 e. The molecule has 33 heavy (non-hydrogen) atoms. The molecule has 1 fully saturated rings. The molecule has 0 aliphatic carbocycles. The van der Waals surface area contributed by atoms with Crippen molar-refractivity contribution in [3.8, 4) is 17.2 Å². The molecule has 0 atom stereocenters. The summed E-state index contributed by atoms with van der Waals surface area (Å²) < 4.78 is 14.0. The van der Waals surface area contributed by atoms with Crippen molar-refractivity contribution in [2.24, 2.45) is 5.16 Å². The number of likely N-dealkylation sites (N-methyl/N-ethyl adjacent to an activating group) is 1. The van der Waals surface area contributed by atoms with Gasteiger partial charge in [0.05, 0.1) is 11.7 Å². The first-order valence-electron chi connectivity index (χ1n) is 10.4. The zero-order valence-electron chi connectivity index (χ0n) is 18.3. The Hall–Kier alpha value is -2.78. The maximum absolute atomic E-state index is 9.61. The lowest BCUT2D eigenvalue weighted by Crippen LogP contribution is -2.45. The summed E-state index contributed by atoms with van der Waals surface area (Å²) in [6.07, 6.45) is 3.67. The molecule has 0 unspecified atom stereocenters. The van der Waals surface area contributed by atoms with Crippen LogP contribution in [0.15, 0.2) is 64.6 Å². The van der Waals surface area contributed by atoms with Crippen LogP contribution >= 0.6 is 24.8 Å². The van der Waals surface area contributed by atoms with E-state index in [1.54, 1.807) is 12.4 Å². The fourth-order valence-corrected chi connectivity index (χ4v) is 3.88. The van der Waals surface area contributed by atoms with Crippen LogP contribution < -0.4 is 10.1 Å². The molecule has 176 valence electrons. The Morgan fingerprint density at radius 2 is 1.91 bits per heavy atom. The molecule has 5 rings (SSSR count). The highest BCUT2D eigenvalue weighted by atomic mass is 35.5. The molecule has 1 aromatic carbocycles. The summed E-state index contributed by atoms with van der Waals surface area (Å²) in [5.41, 5.74) is 2.28. The van der Waals surface area contributed by atoms with Crippen LogP contribution in [0.2, 0.25) is 0 Å². The van der Waals surface area contributed by atoms with Gasteiger partial charge >= 0.3 is 0 Å². The minimum atomic E-state index is 0. The summed E-state index contributed by atoms with van der Waals surface area (Å²) in [5.74, 6) is 1.26. The summed E-state index contributed by atoms with van der Waals surface area (Å²) >= 11 is 0. The standard InChI is InChI=1S/C23H25N5O3.2ClH/c1-26-7-9-27(10-8-26)11-12-30-18-4-5-22-19(14-18)20(25-29)15-23(31-22)21-13-17-3-2-6-28(17)16-24-21;;/h2-6,13-16,29H,7-12H2,1H3;2*1H/b25-20-;;. The van der Waals surface area contributed by atoms with Crippen molar-refractivity contribution in [2.75, 3.05) is 46.4 Å². The molecule has 0 spiro atoms. The molecular weight excluding hydrogens is 465 g/mol. The smallest absolute Gasteiger partial charge is 0.155 e. The third-order valence-corrected chi connectivity index (χ3v) is 5.76. The number of rotatable bonds is 5. The number of piperazine rings is 1. The summed E-state index contributed by atoms with van der Waals surface area (Å²) in [7, 11) is 2.15. The predicted octanol–water partition coefficient (Wildman–Crippen LogP) is 3.51. The maximum atomic E-state index is 9.61. The second-order valence-electron chi connectivity index (χ2n) is 7.86. The van der Waals surface area contributed by atoms with Gasteiger partial charge in [0.2, 0.25) is 0 Å². The normalized spacial score (nSPS) is 15.4. The molecule has 4 aromatic rings. The van der Waals surface area contributed by atoms with Crippen LogP contribution in [0, 0.1) is 0 Å². The van der Waals surface area contributed by atoms with E-state index in [0.29, 0.717) is 34.4 Å². The minimum Gasteiger partial charge on any atom is -0.492 e. The summed E-state index contributed by atoms with van der Waals surface area (Å²) in [6.45, 7) is 5.81. The third-order valence-electron chi connectivity index (χ3n) is 5.76. The summed E-state index contributed by atoms with van der Waals surface area (Å²) in [4.78, 5) is 9.20. The monoisotopic (exact) mass is 491 g/mol. The SMILES string of the molecule is CN1CCN(CCOc2ccc3oc(-c4cc5cccn5cn4)c/c(=N/O)c3c2)CC1.Cl.Cl. The van der Waals surface area contributed by atoms with Crippen LogP contribution in [0.3, 0.4) is 0 Å². The lowest BCUT2D eigenvalue weighted by Gasteiger charge is -2.32. The zero-order chi connectivity index (χ0) is 21.2. The van der Waals surface area contributed by atoms with Gasteiger partial charge in [0.25, 0.3) is 0 Å². The molecule has 8 nitrogen and oxygen atoms in total. The van der Waals surface area contributed by atoms with Crippen molar-refractivity contribution in [1.82, 2.24) is 19.2 Å². The van der Waals surface area contributed by atoms with E-state index in [4.69, 9.17) is 9.15 Å². The van der Waals surface area contributed by atoms with E-state index >= 15 is 0 Å². The number of benzene rings is 1. The zero-order valence-corrected chi connectivity index (χ0v) is 19.9. The van der Waals surface area contributed by atoms with Crippen molar-refractivity contribution in [3.63, 3.8) is 0 Å². The highest BCUT2D eigenvalue weighted by Crippen LogP contribution is 2.24. The van der Waals surface area contributed by atoms with Gasteiger partial charge in [-0.1, -0.05) is 5.16 Å². The first-order valence-corrected chi connectivity index (χ1v) is 10.4.